The van der Waals surface area contributed by atoms with E-state index < -0.39 is 11.9 Å². The van der Waals surface area contributed by atoms with Gasteiger partial charge in [0.1, 0.15) is 5.69 Å². The van der Waals surface area contributed by atoms with Crippen molar-refractivity contribution in [1.29, 1.82) is 0 Å². The molecule has 0 spiro atoms. The molecule has 5 nitrogen and oxygen atoms in total. The van der Waals surface area contributed by atoms with Crippen LogP contribution in [-0.4, -0.2) is 16.9 Å². The molecule has 2 aliphatic heterocycles. The van der Waals surface area contributed by atoms with Gasteiger partial charge in [0, 0.05) is 0 Å². The van der Waals surface area contributed by atoms with E-state index in [4.69, 9.17) is 9.47 Å². The molecule has 16 heavy (non-hydrogen) atoms. The maximum Gasteiger partial charge on any atom is 0.345 e. The van der Waals surface area contributed by atoms with E-state index in [1.165, 1.54) is 6.07 Å². The number of fused-ring (bicyclic) bond motifs is 2. The quantitative estimate of drug-likeness (QED) is 0.476. The van der Waals surface area contributed by atoms with Gasteiger partial charge in [-0.25, -0.2) is 14.6 Å². The molecule has 0 aromatic carbocycles. The van der Waals surface area contributed by atoms with E-state index in [0.29, 0.717) is 11.3 Å². The van der Waals surface area contributed by atoms with Crippen molar-refractivity contribution in [2.75, 3.05) is 0 Å². The molecule has 0 bridgehead atoms. The minimum Gasteiger partial charge on any atom is -0.421 e. The van der Waals surface area contributed by atoms with Gasteiger partial charge in [-0.3, -0.25) is 0 Å². The fourth-order valence-electron chi connectivity index (χ4n) is 1.58. The lowest BCUT2D eigenvalue weighted by Crippen LogP contribution is -2.01. The standard InChI is InChI=1S/C11H5NO4/c1-4-6-3-7-8(5(2)11(14)15-7)12-9(6)16-10(4)13/h3H,1-2H2. The third kappa shape index (κ3) is 0.916. The molecule has 3 rings (SSSR count). The second-order valence-corrected chi connectivity index (χ2v) is 3.42. The van der Waals surface area contributed by atoms with Crippen molar-refractivity contribution in [1.82, 2.24) is 4.98 Å². The van der Waals surface area contributed by atoms with Crippen LogP contribution in [0.5, 0.6) is 11.6 Å². The van der Waals surface area contributed by atoms with Crippen LogP contribution in [0.25, 0.3) is 11.1 Å². The van der Waals surface area contributed by atoms with E-state index in [1.54, 1.807) is 0 Å². The van der Waals surface area contributed by atoms with E-state index >= 15 is 0 Å². The number of nitrogens with zero attached hydrogens (tertiary/aromatic N) is 1. The first-order valence-electron chi connectivity index (χ1n) is 4.46. The van der Waals surface area contributed by atoms with E-state index in [9.17, 15) is 9.59 Å². The summed E-state index contributed by atoms with van der Waals surface area (Å²) in [7, 11) is 0. The van der Waals surface area contributed by atoms with Crippen molar-refractivity contribution < 1.29 is 19.1 Å². The molecule has 1 aromatic heterocycles. The van der Waals surface area contributed by atoms with Crippen molar-refractivity contribution in [2.24, 2.45) is 0 Å². The largest absolute Gasteiger partial charge is 0.421 e. The zero-order valence-corrected chi connectivity index (χ0v) is 8.07. The van der Waals surface area contributed by atoms with Gasteiger partial charge in [-0.1, -0.05) is 13.2 Å². The van der Waals surface area contributed by atoms with E-state index in [1.807, 2.05) is 0 Å². The molecule has 0 saturated heterocycles. The summed E-state index contributed by atoms with van der Waals surface area (Å²) >= 11 is 0. The molecule has 0 aliphatic carbocycles. The lowest BCUT2D eigenvalue weighted by atomic mass is 10.1. The molecular weight excluding hydrogens is 210 g/mol. The number of rotatable bonds is 0. The third-order valence-corrected chi connectivity index (χ3v) is 2.45. The Morgan fingerprint density at radius 2 is 1.75 bits per heavy atom. The van der Waals surface area contributed by atoms with Gasteiger partial charge in [0.15, 0.2) is 5.75 Å². The van der Waals surface area contributed by atoms with Crippen molar-refractivity contribution in [3.8, 4) is 11.6 Å². The number of pyridine rings is 1. The summed E-state index contributed by atoms with van der Waals surface area (Å²) in [6, 6.07) is 1.51. The normalized spacial score (nSPS) is 17.0. The Morgan fingerprint density at radius 1 is 1.06 bits per heavy atom. The zero-order valence-electron chi connectivity index (χ0n) is 8.07. The average molecular weight is 215 g/mol. The Balaban J connectivity index is 2.24. The van der Waals surface area contributed by atoms with Crippen molar-refractivity contribution in [2.45, 2.75) is 0 Å². The van der Waals surface area contributed by atoms with Crippen LogP contribution in [0.2, 0.25) is 0 Å². The Labute approximate surface area is 90.0 Å². The van der Waals surface area contributed by atoms with Gasteiger partial charge in [0.2, 0.25) is 5.88 Å². The Kier molecular flexibility index (Phi) is 1.42. The summed E-state index contributed by atoms with van der Waals surface area (Å²) in [4.78, 5) is 26.4. The van der Waals surface area contributed by atoms with Gasteiger partial charge in [0.05, 0.1) is 16.7 Å². The van der Waals surface area contributed by atoms with Crippen LogP contribution in [0.3, 0.4) is 0 Å². The van der Waals surface area contributed by atoms with Crippen molar-refractivity contribution in [3.05, 3.63) is 30.5 Å². The average Bonchev–Trinajstić information content (AvgIpc) is 2.67. The van der Waals surface area contributed by atoms with Gasteiger partial charge >= 0.3 is 11.9 Å². The fraction of sp³-hybridized carbons (Fsp3) is 0. The monoisotopic (exact) mass is 215 g/mol. The van der Waals surface area contributed by atoms with Crippen LogP contribution in [0.15, 0.2) is 19.2 Å². The van der Waals surface area contributed by atoms with Crippen molar-refractivity contribution >= 4 is 23.1 Å². The molecule has 0 N–H and O–H groups in total. The Morgan fingerprint density at radius 3 is 2.50 bits per heavy atom. The van der Waals surface area contributed by atoms with Crippen LogP contribution in [0.4, 0.5) is 0 Å². The summed E-state index contributed by atoms with van der Waals surface area (Å²) in [5.74, 6) is -0.646. The van der Waals surface area contributed by atoms with Gasteiger partial charge in [0.25, 0.3) is 0 Å². The molecule has 3 heterocycles. The molecule has 0 amide bonds. The van der Waals surface area contributed by atoms with Crippen LogP contribution < -0.4 is 9.47 Å². The van der Waals surface area contributed by atoms with Crippen molar-refractivity contribution in [3.63, 3.8) is 0 Å². The maximum atomic E-state index is 11.2. The fourth-order valence-corrected chi connectivity index (χ4v) is 1.58. The molecule has 5 heteroatoms. The van der Waals surface area contributed by atoms with Gasteiger partial charge in [-0.05, 0) is 6.07 Å². The zero-order chi connectivity index (χ0) is 11.4. The Hall–Kier alpha value is -2.43. The lowest BCUT2D eigenvalue weighted by molar-refractivity contribution is -0.127. The number of esters is 2. The number of hydrogen-bond acceptors (Lipinski definition) is 5. The summed E-state index contributed by atoms with van der Waals surface area (Å²) in [6.45, 7) is 7.10. The minimum absolute atomic E-state index is 0.146. The number of hydrogen-bond donors (Lipinski definition) is 0. The molecule has 0 atom stereocenters. The van der Waals surface area contributed by atoms with Gasteiger partial charge in [-0.2, -0.15) is 0 Å². The highest BCUT2D eigenvalue weighted by atomic mass is 16.6. The molecule has 0 unspecified atom stereocenters. The number of carbonyl (C=O) groups excluding carboxylic acids is 2. The molecule has 2 aliphatic rings. The molecule has 0 saturated carbocycles. The SMILES string of the molecule is C=C1C(=O)Oc2nc3c(cc21)OC(=O)C3=C. The Bertz CT molecular complexity index is 546. The molecule has 1 aromatic rings. The number of ether oxygens (including phenoxy) is 2. The van der Waals surface area contributed by atoms with Crippen LogP contribution >= 0.6 is 0 Å². The molecule has 0 radical (unpaired) electrons. The molecule has 78 valence electrons. The predicted molar refractivity (Wildman–Crippen MR) is 53.6 cm³/mol. The smallest absolute Gasteiger partial charge is 0.345 e. The van der Waals surface area contributed by atoms with Gasteiger partial charge < -0.3 is 9.47 Å². The topological polar surface area (TPSA) is 65.5 Å². The van der Waals surface area contributed by atoms with Crippen LogP contribution in [0.1, 0.15) is 11.3 Å². The van der Waals surface area contributed by atoms with E-state index in [-0.39, 0.29) is 22.8 Å². The lowest BCUT2D eigenvalue weighted by Gasteiger charge is -1.98. The highest BCUT2D eigenvalue weighted by Crippen LogP contribution is 2.40. The second kappa shape index (κ2) is 2.57. The molecular formula is C11H5NO4. The summed E-state index contributed by atoms with van der Waals surface area (Å²) in [6.07, 6.45) is 0. The van der Waals surface area contributed by atoms with Crippen LogP contribution in [0, 0.1) is 0 Å². The minimum atomic E-state index is -0.539. The first-order valence-corrected chi connectivity index (χ1v) is 4.46. The summed E-state index contributed by atoms with van der Waals surface area (Å²) in [5.41, 5.74) is 1.13. The highest BCUT2D eigenvalue weighted by Gasteiger charge is 2.34. The van der Waals surface area contributed by atoms with E-state index in [0.717, 1.165) is 0 Å². The van der Waals surface area contributed by atoms with Gasteiger partial charge in [-0.15, -0.1) is 0 Å². The highest BCUT2D eigenvalue weighted by molar-refractivity contribution is 6.22. The first-order chi connectivity index (χ1) is 7.58. The summed E-state index contributed by atoms with van der Waals surface area (Å²) < 4.78 is 9.79. The summed E-state index contributed by atoms with van der Waals surface area (Å²) in [5, 5.41) is 0. The van der Waals surface area contributed by atoms with Crippen LogP contribution in [-0.2, 0) is 9.59 Å². The second-order valence-electron chi connectivity index (χ2n) is 3.42. The predicted octanol–water partition coefficient (Wildman–Crippen LogP) is 0.946. The maximum absolute atomic E-state index is 11.2. The number of aromatic nitrogens is 1. The molecule has 0 fully saturated rings. The first kappa shape index (κ1) is 8.84. The van der Waals surface area contributed by atoms with E-state index in [2.05, 4.69) is 18.1 Å². The number of carbonyl (C=O) groups is 2. The third-order valence-electron chi connectivity index (χ3n) is 2.45.